The molecule has 0 bridgehead atoms. The fraction of sp³-hybridized carbons (Fsp3) is 0.500. The van der Waals surface area contributed by atoms with Gasteiger partial charge in [-0.15, -0.1) is 23.2 Å². The fourth-order valence-corrected chi connectivity index (χ4v) is 2.35. The van der Waals surface area contributed by atoms with Crippen molar-refractivity contribution in [1.29, 1.82) is 5.26 Å². The Morgan fingerprint density at radius 2 is 1.53 bits per heavy atom. The maximum atomic E-state index is 9.55. The minimum atomic E-state index is -0.426. The Kier molecular flexibility index (Phi) is 6.40. The molecular formula is C14H17Cl2N. The summed E-state index contributed by atoms with van der Waals surface area (Å²) >= 11 is 11.5. The zero-order valence-electron chi connectivity index (χ0n) is 9.83. The van der Waals surface area contributed by atoms with Crippen molar-refractivity contribution in [2.75, 3.05) is 11.8 Å². The summed E-state index contributed by atoms with van der Waals surface area (Å²) < 4.78 is 0. The topological polar surface area (TPSA) is 23.8 Å². The van der Waals surface area contributed by atoms with E-state index in [9.17, 15) is 5.26 Å². The Morgan fingerprint density at radius 3 is 1.94 bits per heavy atom. The Morgan fingerprint density at radius 1 is 1.00 bits per heavy atom. The van der Waals surface area contributed by atoms with Gasteiger partial charge in [0.15, 0.2) is 0 Å². The molecule has 0 heterocycles. The standard InChI is InChI=1S/C14H17Cl2N/c15-10-4-8-14(12-17,9-5-11-16)13-6-2-1-3-7-13/h1-3,6-7H,4-5,8-11H2. The Balaban J connectivity index is 2.94. The van der Waals surface area contributed by atoms with Gasteiger partial charge in [-0.25, -0.2) is 0 Å². The van der Waals surface area contributed by atoms with Crippen molar-refractivity contribution in [3.63, 3.8) is 0 Å². The minimum absolute atomic E-state index is 0.426. The third kappa shape index (κ3) is 3.91. The van der Waals surface area contributed by atoms with E-state index in [2.05, 4.69) is 6.07 Å². The highest BCUT2D eigenvalue weighted by Crippen LogP contribution is 2.34. The maximum absolute atomic E-state index is 9.55. The van der Waals surface area contributed by atoms with Crippen molar-refractivity contribution in [3.05, 3.63) is 35.9 Å². The van der Waals surface area contributed by atoms with E-state index >= 15 is 0 Å². The van der Waals surface area contributed by atoms with Crippen molar-refractivity contribution in [2.24, 2.45) is 0 Å². The first-order chi connectivity index (χ1) is 8.29. The van der Waals surface area contributed by atoms with Crippen LogP contribution in [0.15, 0.2) is 30.3 Å². The van der Waals surface area contributed by atoms with Crippen molar-refractivity contribution >= 4 is 23.2 Å². The molecule has 0 aromatic heterocycles. The van der Waals surface area contributed by atoms with Crippen molar-refractivity contribution in [3.8, 4) is 6.07 Å². The molecule has 0 N–H and O–H groups in total. The molecule has 0 saturated heterocycles. The van der Waals surface area contributed by atoms with Crippen LogP contribution in [0.5, 0.6) is 0 Å². The number of alkyl halides is 2. The van der Waals surface area contributed by atoms with E-state index in [1.54, 1.807) is 0 Å². The largest absolute Gasteiger partial charge is 0.197 e. The van der Waals surface area contributed by atoms with Crippen molar-refractivity contribution < 1.29 is 0 Å². The van der Waals surface area contributed by atoms with Crippen LogP contribution in [-0.4, -0.2) is 11.8 Å². The van der Waals surface area contributed by atoms with Crippen LogP contribution in [0, 0.1) is 11.3 Å². The number of halogens is 2. The summed E-state index contributed by atoms with van der Waals surface area (Å²) in [7, 11) is 0. The van der Waals surface area contributed by atoms with Gasteiger partial charge in [0.05, 0.1) is 11.5 Å². The normalized spacial score (nSPS) is 11.1. The molecule has 0 fully saturated rings. The van der Waals surface area contributed by atoms with Gasteiger partial charge >= 0.3 is 0 Å². The van der Waals surface area contributed by atoms with Crippen LogP contribution >= 0.6 is 23.2 Å². The quantitative estimate of drug-likeness (QED) is 0.670. The summed E-state index contributed by atoms with van der Waals surface area (Å²) in [6, 6.07) is 12.4. The van der Waals surface area contributed by atoms with E-state index in [1.807, 2.05) is 30.3 Å². The highest BCUT2D eigenvalue weighted by Gasteiger charge is 2.30. The first-order valence-electron chi connectivity index (χ1n) is 5.88. The van der Waals surface area contributed by atoms with Gasteiger partial charge in [-0.1, -0.05) is 30.3 Å². The van der Waals surface area contributed by atoms with Gasteiger partial charge in [0.25, 0.3) is 0 Å². The van der Waals surface area contributed by atoms with Crippen LogP contribution in [0.1, 0.15) is 31.2 Å². The van der Waals surface area contributed by atoms with E-state index < -0.39 is 5.41 Å². The van der Waals surface area contributed by atoms with E-state index in [1.165, 1.54) is 0 Å². The first kappa shape index (κ1) is 14.4. The number of hydrogen-bond acceptors (Lipinski definition) is 1. The van der Waals surface area contributed by atoms with Gasteiger partial charge in [0, 0.05) is 11.8 Å². The van der Waals surface area contributed by atoms with Crippen LogP contribution in [0.2, 0.25) is 0 Å². The lowest BCUT2D eigenvalue weighted by Crippen LogP contribution is -2.24. The molecule has 92 valence electrons. The Hall–Kier alpha value is -0.710. The molecule has 1 nitrogen and oxygen atoms in total. The molecule has 0 radical (unpaired) electrons. The van der Waals surface area contributed by atoms with Gasteiger partial charge in [-0.05, 0) is 31.2 Å². The third-order valence-corrected chi connectivity index (χ3v) is 3.55. The highest BCUT2D eigenvalue weighted by molar-refractivity contribution is 6.18. The van der Waals surface area contributed by atoms with Gasteiger partial charge in [0.2, 0.25) is 0 Å². The molecule has 0 saturated carbocycles. The number of nitriles is 1. The molecule has 3 heteroatoms. The molecule has 1 aromatic rings. The molecule has 0 aliphatic heterocycles. The van der Waals surface area contributed by atoms with Crippen LogP contribution in [0.3, 0.4) is 0 Å². The molecule has 0 spiro atoms. The summed E-state index contributed by atoms with van der Waals surface area (Å²) in [5.41, 5.74) is 0.656. The van der Waals surface area contributed by atoms with Crippen LogP contribution in [-0.2, 0) is 5.41 Å². The SMILES string of the molecule is N#CC(CCCCl)(CCCCl)c1ccccc1. The number of nitrogens with zero attached hydrogens (tertiary/aromatic N) is 1. The first-order valence-corrected chi connectivity index (χ1v) is 6.94. The predicted octanol–water partition coefficient (Wildman–Crippen LogP) is 4.49. The second kappa shape index (κ2) is 7.58. The number of rotatable bonds is 7. The summed E-state index contributed by atoms with van der Waals surface area (Å²) in [6.45, 7) is 0. The molecule has 17 heavy (non-hydrogen) atoms. The predicted molar refractivity (Wildman–Crippen MR) is 73.6 cm³/mol. The summed E-state index contributed by atoms with van der Waals surface area (Å²) in [5, 5.41) is 9.55. The summed E-state index contributed by atoms with van der Waals surface area (Å²) in [6.07, 6.45) is 3.31. The van der Waals surface area contributed by atoms with Crippen molar-refractivity contribution in [2.45, 2.75) is 31.1 Å². The number of hydrogen-bond donors (Lipinski definition) is 0. The molecule has 0 atom stereocenters. The Bertz CT molecular complexity index is 348. The molecule has 0 unspecified atom stereocenters. The highest BCUT2D eigenvalue weighted by atomic mass is 35.5. The molecule has 0 aliphatic rings. The lowest BCUT2D eigenvalue weighted by Gasteiger charge is -2.26. The zero-order chi connectivity index (χ0) is 12.6. The monoisotopic (exact) mass is 269 g/mol. The lowest BCUT2D eigenvalue weighted by atomic mass is 9.75. The van der Waals surface area contributed by atoms with E-state index in [4.69, 9.17) is 23.2 Å². The second-order valence-corrected chi connectivity index (χ2v) is 4.90. The minimum Gasteiger partial charge on any atom is -0.197 e. The molecule has 1 aromatic carbocycles. The maximum Gasteiger partial charge on any atom is 0.0823 e. The third-order valence-electron chi connectivity index (χ3n) is 3.01. The van der Waals surface area contributed by atoms with Crippen molar-refractivity contribution in [1.82, 2.24) is 0 Å². The van der Waals surface area contributed by atoms with Gasteiger partial charge < -0.3 is 0 Å². The number of benzene rings is 1. The Labute approximate surface area is 113 Å². The van der Waals surface area contributed by atoms with Gasteiger partial charge in [-0.3, -0.25) is 0 Å². The van der Waals surface area contributed by atoms with E-state index in [0.717, 1.165) is 31.2 Å². The lowest BCUT2D eigenvalue weighted by molar-refractivity contribution is 0.455. The molecule has 0 aliphatic carbocycles. The molecule has 0 amide bonds. The van der Waals surface area contributed by atoms with Crippen LogP contribution < -0.4 is 0 Å². The molecular weight excluding hydrogens is 253 g/mol. The van der Waals surface area contributed by atoms with Gasteiger partial charge in [-0.2, -0.15) is 5.26 Å². The summed E-state index contributed by atoms with van der Waals surface area (Å²) in [4.78, 5) is 0. The zero-order valence-corrected chi connectivity index (χ0v) is 11.3. The van der Waals surface area contributed by atoms with E-state index in [-0.39, 0.29) is 0 Å². The van der Waals surface area contributed by atoms with Crippen LogP contribution in [0.25, 0.3) is 0 Å². The average molecular weight is 270 g/mol. The average Bonchev–Trinajstić information content (AvgIpc) is 2.41. The fourth-order valence-electron chi connectivity index (χ4n) is 2.08. The van der Waals surface area contributed by atoms with Crippen LogP contribution in [0.4, 0.5) is 0 Å². The summed E-state index contributed by atoms with van der Waals surface area (Å²) in [5.74, 6) is 1.19. The smallest absolute Gasteiger partial charge is 0.0823 e. The second-order valence-electron chi connectivity index (χ2n) is 4.15. The molecule has 1 rings (SSSR count). The van der Waals surface area contributed by atoms with E-state index in [0.29, 0.717) is 11.8 Å². The van der Waals surface area contributed by atoms with Gasteiger partial charge in [0.1, 0.15) is 0 Å².